The lowest BCUT2D eigenvalue weighted by Crippen LogP contribution is -2.57. The van der Waals surface area contributed by atoms with E-state index < -0.39 is 6.04 Å². The van der Waals surface area contributed by atoms with Gasteiger partial charge >= 0.3 is 6.03 Å². The molecule has 2 saturated heterocycles. The molecule has 0 radical (unpaired) electrons. The third-order valence-corrected chi connectivity index (χ3v) is 9.97. The number of para-hydroxylation sites is 1. The first kappa shape index (κ1) is 30.0. The molecule has 230 valence electrons. The summed E-state index contributed by atoms with van der Waals surface area (Å²) in [6.07, 6.45) is 7.36. The number of rotatable bonds is 7. The molecular formula is C34H45ClN6O2. The van der Waals surface area contributed by atoms with Crippen molar-refractivity contribution in [2.45, 2.75) is 57.0 Å². The average molecular weight is 605 g/mol. The van der Waals surface area contributed by atoms with Gasteiger partial charge in [-0.15, -0.1) is 0 Å². The Hall–Kier alpha value is -3.07. The number of hydrogen-bond acceptors (Lipinski definition) is 4. The predicted molar refractivity (Wildman–Crippen MR) is 174 cm³/mol. The molecule has 3 amide bonds. The molecule has 0 spiro atoms. The monoisotopic (exact) mass is 604 g/mol. The minimum atomic E-state index is -0.732. The van der Waals surface area contributed by atoms with Crippen LogP contribution in [-0.4, -0.2) is 97.1 Å². The number of halogens is 1. The standard InChI is InChI=1S/C34H45ClN6O2/c1-23(29-20-36-30-9-5-4-8-28(29)30)32(37-34(43)40-16-12-27(13-17-40)39-14-6-7-15-39)33(42)41-22-24(21-38(2)3)18-25-19-26(35)10-11-31(25)41/h4-5,8-11,19-20,23-24,27,32,36H,6-7,12-18,21-22H2,1-3H3,(H,37,43)/t23?,24-,32?/m1/s1. The summed E-state index contributed by atoms with van der Waals surface area (Å²) in [6, 6.07) is 13.6. The number of hydrogen-bond donors (Lipinski definition) is 2. The molecule has 9 heteroatoms. The van der Waals surface area contributed by atoms with Gasteiger partial charge < -0.3 is 29.9 Å². The number of nitrogens with one attached hydrogen (secondary N) is 2. The molecular weight excluding hydrogens is 560 g/mol. The number of piperidine rings is 1. The van der Waals surface area contributed by atoms with E-state index in [4.69, 9.17) is 11.6 Å². The van der Waals surface area contributed by atoms with Gasteiger partial charge in [0.1, 0.15) is 6.04 Å². The first-order valence-electron chi connectivity index (χ1n) is 15.9. The van der Waals surface area contributed by atoms with Crippen molar-refractivity contribution in [3.8, 4) is 0 Å². The number of H-pyrrole nitrogens is 1. The van der Waals surface area contributed by atoms with E-state index >= 15 is 0 Å². The number of likely N-dealkylation sites (tertiary alicyclic amines) is 2. The number of carbonyl (C=O) groups excluding carboxylic acids is 2. The first-order chi connectivity index (χ1) is 20.8. The van der Waals surface area contributed by atoms with Crippen LogP contribution in [0.1, 0.15) is 49.7 Å². The van der Waals surface area contributed by atoms with Crippen molar-refractivity contribution in [2.24, 2.45) is 5.92 Å². The number of anilines is 1. The van der Waals surface area contributed by atoms with Crippen LogP contribution in [-0.2, 0) is 11.2 Å². The molecule has 1 aromatic heterocycles. The smallest absolute Gasteiger partial charge is 0.318 e. The predicted octanol–water partition coefficient (Wildman–Crippen LogP) is 5.33. The second kappa shape index (κ2) is 12.9. The van der Waals surface area contributed by atoms with E-state index in [1.165, 1.54) is 25.9 Å². The number of aromatic amines is 1. The molecule has 4 heterocycles. The maximum Gasteiger partial charge on any atom is 0.318 e. The van der Waals surface area contributed by atoms with Crippen LogP contribution in [0.2, 0.25) is 5.02 Å². The Bertz CT molecular complexity index is 1440. The molecule has 8 nitrogen and oxygen atoms in total. The van der Waals surface area contributed by atoms with Crippen LogP contribution < -0.4 is 10.2 Å². The molecule has 0 bridgehead atoms. The molecule has 43 heavy (non-hydrogen) atoms. The summed E-state index contributed by atoms with van der Waals surface area (Å²) in [7, 11) is 4.13. The topological polar surface area (TPSA) is 74.9 Å². The van der Waals surface area contributed by atoms with E-state index in [1.54, 1.807) is 0 Å². The summed E-state index contributed by atoms with van der Waals surface area (Å²) in [5, 5.41) is 5.00. The van der Waals surface area contributed by atoms with Crippen LogP contribution in [0.5, 0.6) is 0 Å². The highest BCUT2D eigenvalue weighted by molar-refractivity contribution is 6.30. The van der Waals surface area contributed by atoms with Gasteiger partial charge in [0.2, 0.25) is 5.91 Å². The Morgan fingerprint density at radius 1 is 1.07 bits per heavy atom. The van der Waals surface area contributed by atoms with Crippen LogP contribution in [0.25, 0.3) is 10.9 Å². The lowest BCUT2D eigenvalue weighted by atomic mass is 9.88. The second-order valence-electron chi connectivity index (χ2n) is 13.0. The highest BCUT2D eigenvalue weighted by Crippen LogP contribution is 2.35. The van der Waals surface area contributed by atoms with E-state index in [1.807, 2.05) is 52.4 Å². The van der Waals surface area contributed by atoms with Crippen molar-refractivity contribution in [2.75, 3.05) is 58.3 Å². The van der Waals surface area contributed by atoms with Crippen molar-refractivity contribution >= 4 is 40.1 Å². The summed E-state index contributed by atoms with van der Waals surface area (Å²) < 4.78 is 0. The van der Waals surface area contributed by atoms with E-state index in [-0.39, 0.29) is 23.8 Å². The minimum Gasteiger partial charge on any atom is -0.361 e. The Morgan fingerprint density at radius 2 is 1.81 bits per heavy atom. The van der Waals surface area contributed by atoms with Crippen LogP contribution >= 0.6 is 11.6 Å². The molecule has 2 aromatic carbocycles. The van der Waals surface area contributed by atoms with Gasteiger partial charge in [-0.1, -0.05) is 36.7 Å². The maximum atomic E-state index is 14.7. The number of nitrogens with zero attached hydrogens (tertiary/aromatic N) is 4. The summed E-state index contributed by atoms with van der Waals surface area (Å²) in [4.78, 5) is 40.5. The summed E-state index contributed by atoms with van der Waals surface area (Å²) in [5.41, 5.74) is 4.02. The Balaban J connectivity index is 1.28. The van der Waals surface area contributed by atoms with Crippen LogP contribution in [0.15, 0.2) is 48.7 Å². The number of carbonyl (C=O) groups is 2. The van der Waals surface area contributed by atoms with Gasteiger partial charge in [0.05, 0.1) is 0 Å². The minimum absolute atomic E-state index is 0.0786. The molecule has 3 atom stereocenters. The maximum absolute atomic E-state index is 14.7. The van der Waals surface area contributed by atoms with E-state index in [0.717, 1.165) is 53.5 Å². The quantitative estimate of drug-likeness (QED) is 0.382. The molecule has 2 unspecified atom stereocenters. The van der Waals surface area contributed by atoms with E-state index in [0.29, 0.717) is 30.7 Å². The third kappa shape index (κ3) is 6.42. The number of amides is 3. The molecule has 3 aliphatic rings. The molecule has 3 aromatic rings. The summed E-state index contributed by atoms with van der Waals surface area (Å²) in [6.45, 7) is 7.29. The van der Waals surface area contributed by atoms with Gasteiger partial charge in [0.15, 0.2) is 0 Å². The van der Waals surface area contributed by atoms with Gasteiger partial charge in [0.25, 0.3) is 0 Å². The fourth-order valence-corrected chi connectivity index (χ4v) is 7.74. The van der Waals surface area contributed by atoms with Crippen molar-refractivity contribution in [1.82, 2.24) is 25.0 Å². The lowest BCUT2D eigenvalue weighted by Gasteiger charge is -2.40. The first-order valence-corrected chi connectivity index (χ1v) is 16.3. The molecule has 2 N–H and O–H groups in total. The van der Waals surface area contributed by atoms with Crippen molar-refractivity contribution in [1.29, 1.82) is 0 Å². The van der Waals surface area contributed by atoms with Gasteiger partial charge in [-0.05, 0) is 101 Å². The lowest BCUT2D eigenvalue weighted by molar-refractivity contribution is -0.121. The van der Waals surface area contributed by atoms with Crippen molar-refractivity contribution in [3.05, 3.63) is 64.8 Å². The van der Waals surface area contributed by atoms with Gasteiger partial charge in [-0.25, -0.2) is 4.79 Å². The van der Waals surface area contributed by atoms with Crippen LogP contribution in [0, 0.1) is 5.92 Å². The SMILES string of the molecule is CC(c1c[nH]c2ccccc12)C(NC(=O)N1CCC(N2CCCC2)CC1)C(=O)N1C[C@@H](CN(C)C)Cc2cc(Cl)ccc21. The Kier molecular flexibility index (Phi) is 8.98. The zero-order valence-corrected chi connectivity index (χ0v) is 26.4. The molecule has 2 fully saturated rings. The largest absolute Gasteiger partial charge is 0.361 e. The molecule has 3 aliphatic heterocycles. The van der Waals surface area contributed by atoms with Crippen LogP contribution in [0.3, 0.4) is 0 Å². The van der Waals surface area contributed by atoms with Gasteiger partial charge in [0, 0.05) is 65.9 Å². The highest BCUT2D eigenvalue weighted by Gasteiger charge is 2.38. The molecule has 6 rings (SSSR count). The Labute approximate surface area is 260 Å². The van der Waals surface area contributed by atoms with E-state index in [2.05, 4.69) is 47.2 Å². The number of benzene rings is 2. The van der Waals surface area contributed by atoms with Crippen LogP contribution in [0.4, 0.5) is 10.5 Å². The molecule has 0 saturated carbocycles. The van der Waals surface area contributed by atoms with E-state index in [9.17, 15) is 9.59 Å². The third-order valence-electron chi connectivity index (χ3n) is 9.74. The van der Waals surface area contributed by atoms with Gasteiger partial charge in [-0.3, -0.25) is 4.79 Å². The molecule has 0 aliphatic carbocycles. The number of fused-ring (bicyclic) bond motifs is 2. The average Bonchev–Trinajstić information content (AvgIpc) is 3.69. The zero-order chi connectivity index (χ0) is 30.1. The zero-order valence-electron chi connectivity index (χ0n) is 25.7. The number of urea groups is 1. The summed E-state index contributed by atoms with van der Waals surface area (Å²) >= 11 is 6.42. The van der Waals surface area contributed by atoms with Crippen molar-refractivity contribution in [3.63, 3.8) is 0 Å². The van der Waals surface area contributed by atoms with Gasteiger partial charge in [-0.2, -0.15) is 0 Å². The summed E-state index contributed by atoms with van der Waals surface area (Å²) in [5.74, 6) is -0.0703. The Morgan fingerprint density at radius 3 is 2.56 bits per heavy atom. The highest BCUT2D eigenvalue weighted by atomic mass is 35.5. The fraction of sp³-hybridized carbons (Fsp3) is 0.529. The number of aromatic nitrogens is 1. The normalized spacial score (nSPS) is 21.3. The fourth-order valence-electron chi connectivity index (χ4n) is 7.54. The van der Waals surface area contributed by atoms with Crippen molar-refractivity contribution < 1.29 is 9.59 Å². The second-order valence-corrected chi connectivity index (χ2v) is 13.5.